The van der Waals surface area contributed by atoms with E-state index in [0.29, 0.717) is 17.3 Å². The fourth-order valence-corrected chi connectivity index (χ4v) is 4.47. The Kier molecular flexibility index (Phi) is 7.94. The third kappa shape index (κ3) is 6.85. The number of anilines is 4. The summed E-state index contributed by atoms with van der Waals surface area (Å²) >= 11 is 0. The third-order valence-electron chi connectivity index (χ3n) is 6.34. The van der Waals surface area contributed by atoms with Gasteiger partial charge in [-0.25, -0.2) is 4.98 Å². The molecule has 3 aromatic rings. The molecule has 1 unspecified atom stereocenters. The molecule has 4 N–H and O–H groups in total. The number of amides is 2. The minimum absolute atomic E-state index is 0. The summed E-state index contributed by atoms with van der Waals surface area (Å²) in [5, 5.41) is 12.5. The number of carbonyl (C=O) groups excluding carboxylic acids is 2. The molecule has 2 heterocycles. The first-order chi connectivity index (χ1) is 18.0. The topological polar surface area (TPSA) is 121 Å². The monoisotopic (exact) mass is 519 g/mol. The van der Waals surface area contributed by atoms with Crippen LogP contribution in [0.3, 0.4) is 0 Å². The van der Waals surface area contributed by atoms with Gasteiger partial charge in [-0.2, -0.15) is 4.98 Å². The van der Waals surface area contributed by atoms with Gasteiger partial charge in [0, 0.05) is 56.7 Å². The molecule has 4 rings (SSSR count). The first kappa shape index (κ1) is 27.0. The highest BCUT2D eigenvalue weighted by Crippen LogP contribution is 2.28. The van der Waals surface area contributed by atoms with E-state index in [0.717, 1.165) is 36.3 Å². The second-order valence-electron chi connectivity index (χ2n) is 11.1. The van der Waals surface area contributed by atoms with Crippen molar-refractivity contribution in [1.29, 1.82) is 0 Å². The maximum atomic E-state index is 12.9. The van der Waals surface area contributed by atoms with Crippen LogP contribution in [0, 0.1) is 0 Å². The van der Waals surface area contributed by atoms with Crippen molar-refractivity contribution in [3.63, 3.8) is 0 Å². The smallest absolute Gasteiger partial charge is 0.256 e. The summed E-state index contributed by atoms with van der Waals surface area (Å²) in [5.74, 6) is 0.506. The first-order valence-electron chi connectivity index (χ1n) is 13.1. The first-order valence-corrected chi connectivity index (χ1v) is 13.1. The normalized spacial score (nSPS) is 15.0. The standard InChI is InChI=1S/C29H37N7O2.2H2/c1-17(2)32-27(38)24-16-31-28(36-26(24)34-23-11-12-30-25(15-23)29(4,5)6)35-22-10-8-19-7-9-21(33-18(3)37)13-20(19)14-22;;/h8,10-12,14-17,21H,7,9,13H2,1-6H3,(H,32,38)(H,33,37)(H2,30,31,34,35,36);2*1H. The van der Waals surface area contributed by atoms with Crippen LogP contribution in [0.5, 0.6) is 0 Å². The lowest BCUT2D eigenvalue weighted by Gasteiger charge is -2.25. The molecule has 9 heteroatoms. The Bertz CT molecular complexity index is 1340. The predicted octanol–water partition coefficient (Wildman–Crippen LogP) is 5.28. The molecule has 9 nitrogen and oxygen atoms in total. The van der Waals surface area contributed by atoms with Crippen LogP contribution in [0.1, 0.15) is 78.0 Å². The molecule has 0 fully saturated rings. The largest absolute Gasteiger partial charge is 0.353 e. The van der Waals surface area contributed by atoms with Crippen LogP contribution in [0.2, 0.25) is 0 Å². The van der Waals surface area contributed by atoms with Crippen molar-refractivity contribution >= 4 is 35.0 Å². The van der Waals surface area contributed by atoms with Crippen molar-refractivity contribution in [2.75, 3.05) is 10.6 Å². The average molecular weight is 520 g/mol. The summed E-state index contributed by atoms with van der Waals surface area (Å²) in [6.45, 7) is 11.7. The van der Waals surface area contributed by atoms with E-state index in [-0.39, 0.29) is 32.2 Å². The molecule has 0 bridgehead atoms. The van der Waals surface area contributed by atoms with E-state index in [9.17, 15) is 9.59 Å². The maximum Gasteiger partial charge on any atom is 0.256 e. The van der Waals surface area contributed by atoms with E-state index in [1.54, 1.807) is 13.1 Å². The van der Waals surface area contributed by atoms with Gasteiger partial charge >= 0.3 is 0 Å². The highest BCUT2D eigenvalue weighted by Gasteiger charge is 2.21. The Morgan fingerprint density at radius 1 is 1.03 bits per heavy atom. The molecule has 0 spiro atoms. The van der Waals surface area contributed by atoms with Gasteiger partial charge in [0.1, 0.15) is 11.4 Å². The van der Waals surface area contributed by atoms with Crippen LogP contribution >= 0.6 is 0 Å². The maximum absolute atomic E-state index is 12.9. The summed E-state index contributed by atoms with van der Waals surface area (Å²) in [4.78, 5) is 38.1. The zero-order valence-corrected chi connectivity index (χ0v) is 23.0. The average Bonchev–Trinajstić information content (AvgIpc) is 2.83. The molecule has 0 saturated heterocycles. The Balaban J connectivity index is 0.00000280. The van der Waals surface area contributed by atoms with Crippen molar-refractivity contribution in [2.45, 2.75) is 78.3 Å². The van der Waals surface area contributed by atoms with Crippen LogP contribution in [0.4, 0.5) is 23.1 Å². The summed E-state index contributed by atoms with van der Waals surface area (Å²) in [5.41, 5.74) is 5.25. The molecule has 1 aromatic carbocycles. The van der Waals surface area contributed by atoms with E-state index in [1.807, 2.05) is 32.0 Å². The van der Waals surface area contributed by atoms with Crippen LogP contribution < -0.4 is 21.3 Å². The quantitative estimate of drug-likeness (QED) is 0.335. The predicted molar refractivity (Wildman–Crippen MR) is 154 cm³/mol. The van der Waals surface area contributed by atoms with E-state index in [4.69, 9.17) is 0 Å². The number of hydrogen-bond donors (Lipinski definition) is 4. The number of nitrogens with zero attached hydrogens (tertiary/aromatic N) is 3. The number of pyridine rings is 1. The molecule has 1 aliphatic rings. The van der Waals surface area contributed by atoms with E-state index < -0.39 is 0 Å². The molecule has 0 saturated carbocycles. The Labute approximate surface area is 227 Å². The van der Waals surface area contributed by atoms with Crippen molar-refractivity contribution in [3.05, 3.63) is 65.1 Å². The molecule has 1 atom stereocenters. The third-order valence-corrected chi connectivity index (χ3v) is 6.34. The summed E-state index contributed by atoms with van der Waals surface area (Å²) in [7, 11) is 0. The lowest BCUT2D eigenvalue weighted by molar-refractivity contribution is -0.119. The molecular formula is C29H41N7O2. The van der Waals surface area contributed by atoms with Crippen LogP contribution in [0.25, 0.3) is 0 Å². The minimum atomic E-state index is -0.253. The van der Waals surface area contributed by atoms with E-state index in [1.165, 1.54) is 17.3 Å². The number of benzene rings is 1. The van der Waals surface area contributed by atoms with Gasteiger partial charge in [0.2, 0.25) is 11.9 Å². The summed E-state index contributed by atoms with van der Waals surface area (Å²) in [6.07, 6.45) is 5.92. The van der Waals surface area contributed by atoms with Crippen molar-refractivity contribution in [3.8, 4) is 0 Å². The second-order valence-corrected chi connectivity index (χ2v) is 11.1. The molecular weight excluding hydrogens is 478 g/mol. The number of rotatable bonds is 7. The minimum Gasteiger partial charge on any atom is -0.353 e. The van der Waals surface area contributed by atoms with E-state index in [2.05, 4.69) is 69.1 Å². The highest BCUT2D eigenvalue weighted by molar-refractivity contribution is 5.99. The number of nitrogens with one attached hydrogen (secondary N) is 4. The zero-order valence-electron chi connectivity index (χ0n) is 23.0. The van der Waals surface area contributed by atoms with Gasteiger partial charge < -0.3 is 21.3 Å². The molecule has 2 amide bonds. The van der Waals surface area contributed by atoms with Crippen LogP contribution in [0.15, 0.2) is 42.7 Å². The van der Waals surface area contributed by atoms with Gasteiger partial charge in [0.05, 0.1) is 0 Å². The van der Waals surface area contributed by atoms with Gasteiger partial charge in [0.25, 0.3) is 5.91 Å². The van der Waals surface area contributed by atoms with Gasteiger partial charge in [-0.05, 0) is 68.5 Å². The summed E-state index contributed by atoms with van der Waals surface area (Å²) in [6, 6.07) is 10.1. The molecule has 1 aliphatic carbocycles. The van der Waals surface area contributed by atoms with Crippen molar-refractivity contribution < 1.29 is 12.4 Å². The number of fused-ring (bicyclic) bond motifs is 1. The fraction of sp³-hybridized carbons (Fsp3) is 0.414. The number of carbonyl (C=O) groups is 2. The molecule has 2 aromatic heterocycles. The lowest BCUT2D eigenvalue weighted by atomic mass is 9.88. The second kappa shape index (κ2) is 11.2. The van der Waals surface area contributed by atoms with Crippen LogP contribution in [-0.4, -0.2) is 38.8 Å². The fourth-order valence-electron chi connectivity index (χ4n) is 4.47. The van der Waals surface area contributed by atoms with Gasteiger partial charge in [-0.15, -0.1) is 0 Å². The molecule has 38 heavy (non-hydrogen) atoms. The Morgan fingerprint density at radius 2 is 1.79 bits per heavy atom. The number of aromatic nitrogens is 3. The molecule has 0 aliphatic heterocycles. The molecule has 0 radical (unpaired) electrons. The van der Waals surface area contributed by atoms with Crippen molar-refractivity contribution in [2.24, 2.45) is 0 Å². The summed E-state index contributed by atoms with van der Waals surface area (Å²) < 4.78 is 0. The SMILES string of the molecule is CC(=O)NC1CCc2ccc(Nc3ncc(C(=O)NC(C)C)c(Nc4ccnc(C(C)(C)C)c4)n3)cc2C1.[HH].[HH]. The zero-order chi connectivity index (χ0) is 27.4. The van der Waals surface area contributed by atoms with Gasteiger partial charge in [-0.1, -0.05) is 26.8 Å². The lowest BCUT2D eigenvalue weighted by Crippen LogP contribution is -2.37. The number of aryl methyl sites for hydroxylation is 1. The highest BCUT2D eigenvalue weighted by atomic mass is 16.2. The Hall–Kier alpha value is -4.01. The van der Waals surface area contributed by atoms with Crippen molar-refractivity contribution in [1.82, 2.24) is 25.6 Å². The van der Waals surface area contributed by atoms with Gasteiger partial charge in [0.15, 0.2) is 0 Å². The number of hydrogen-bond acceptors (Lipinski definition) is 7. The molecule has 204 valence electrons. The Morgan fingerprint density at radius 3 is 2.50 bits per heavy atom. The van der Waals surface area contributed by atoms with Crippen LogP contribution in [-0.2, 0) is 23.1 Å². The van der Waals surface area contributed by atoms with Gasteiger partial charge in [-0.3, -0.25) is 14.6 Å². The van der Waals surface area contributed by atoms with E-state index >= 15 is 0 Å².